The lowest BCUT2D eigenvalue weighted by molar-refractivity contribution is 0.0773. The van der Waals surface area contributed by atoms with E-state index in [1.54, 1.807) is 13.0 Å². The van der Waals surface area contributed by atoms with Gasteiger partial charge in [0.15, 0.2) is 11.2 Å². The summed E-state index contributed by atoms with van der Waals surface area (Å²) in [5.74, 6) is 0. The standard InChI is InChI=1S/C14H13BrClN3O3S/c1-3-21-14(20)19-13(23)18-9-4-7-8(11(15)12(9)16)6-22-10(7)5-17-2/h4,10H,3,5-6H2,1H3,(H2,18,19,20,23). The van der Waals surface area contributed by atoms with Crippen LogP contribution in [0.25, 0.3) is 4.85 Å². The number of anilines is 1. The van der Waals surface area contributed by atoms with Crippen molar-refractivity contribution in [2.75, 3.05) is 18.5 Å². The van der Waals surface area contributed by atoms with Gasteiger partial charge >= 0.3 is 6.09 Å². The Morgan fingerprint density at radius 3 is 3.09 bits per heavy atom. The molecule has 1 heterocycles. The van der Waals surface area contributed by atoms with E-state index in [9.17, 15) is 4.79 Å². The molecule has 2 N–H and O–H groups in total. The van der Waals surface area contributed by atoms with Crippen molar-refractivity contribution in [2.45, 2.75) is 19.6 Å². The molecule has 1 amide bonds. The van der Waals surface area contributed by atoms with Crippen LogP contribution in [0.2, 0.25) is 5.02 Å². The summed E-state index contributed by atoms with van der Waals surface area (Å²) in [4.78, 5) is 14.7. The third-order valence-electron chi connectivity index (χ3n) is 3.11. The second kappa shape index (κ2) is 7.93. The molecule has 0 aliphatic carbocycles. The van der Waals surface area contributed by atoms with Crippen molar-refractivity contribution in [3.8, 4) is 0 Å². The number of nitrogens with zero attached hydrogens (tertiary/aromatic N) is 1. The Bertz CT molecular complexity index is 693. The van der Waals surface area contributed by atoms with E-state index in [0.717, 1.165) is 11.1 Å². The first kappa shape index (κ1) is 17.9. The Labute approximate surface area is 152 Å². The number of carbonyl (C=O) groups is 1. The quantitative estimate of drug-likeness (QED) is 0.573. The fraction of sp³-hybridized carbons (Fsp3) is 0.357. The van der Waals surface area contributed by atoms with E-state index >= 15 is 0 Å². The van der Waals surface area contributed by atoms with Gasteiger partial charge in [0.1, 0.15) is 0 Å². The van der Waals surface area contributed by atoms with Gasteiger partial charge in [0.05, 0.1) is 23.9 Å². The molecule has 1 aliphatic heterocycles. The van der Waals surface area contributed by atoms with Crippen molar-refractivity contribution in [2.24, 2.45) is 0 Å². The molecule has 122 valence electrons. The number of nitrogens with one attached hydrogen (secondary N) is 2. The maximum absolute atomic E-state index is 11.4. The van der Waals surface area contributed by atoms with Crippen molar-refractivity contribution in [3.63, 3.8) is 0 Å². The molecule has 0 bridgehead atoms. The van der Waals surface area contributed by atoms with E-state index in [2.05, 4.69) is 31.4 Å². The van der Waals surface area contributed by atoms with Crippen LogP contribution in [0.1, 0.15) is 24.2 Å². The van der Waals surface area contributed by atoms with Crippen LogP contribution in [0.4, 0.5) is 10.5 Å². The minimum Gasteiger partial charge on any atom is -0.450 e. The maximum Gasteiger partial charge on any atom is 0.413 e. The molecule has 1 aromatic rings. The summed E-state index contributed by atoms with van der Waals surface area (Å²) in [6.07, 6.45) is -0.946. The van der Waals surface area contributed by atoms with Crippen molar-refractivity contribution in [1.82, 2.24) is 5.32 Å². The Hall–Kier alpha value is -1.40. The number of hydrogen-bond acceptors (Lipinski definition) is 4. The molecule has 1 aromatic carbocycles. The van der Waals surface area contributed by atoms with E-state index in [4.69, 9.17) is 39.9 Å². The van der Waals surface area contributed by atoms with E-state index in [0.29, 0.717) is 21.8 Å². The average molecular weight is 419 g/mol. The summed E-state index contributed by atoms with van der Waals surface area (Å²) < 4.78 is 11.0. The lowest BCUT2D eigenvalue weighted by Crippen LogP contribution is -2.34. The third kappa shape index (κ3) is 4.12. The SMILES string of the molecule is [C-]#[N+]CC1OCc2c1cc(NC(=S)NC(=O)OCC)c(Cl)c2Br. The second-order valence-corrected chi connectivity index (χ2v) is 6.14. The van der Waals surface area contributed by atoms with Crippen LogP contribution >= 0.6 is 39.7 Å². The lowest BCUT2D eigenvalue weighted by Gasteiger charge is -2.14. The van der Waals surface area contributed by atoms with Gasteiger partial charge in [-0.2, -0.15) is 0 Å². The molecule has 9 heteroatoms. The molecular formula is C14H13BrClN3O3S. The number of benzene rings is 1. The Balaban J connectivity index is 2.22. The molecule has 0 aromatic heterocycles. The molecule has 0 saturated heterocycles. The summed E-state index contributed by atoms with van der Waals surface area (Å²) in [7, 11) is 0. The number of alkyl carbamates (subject to hydrolysis) is 1. The van der Waals surface area contributed by atoms with Crippen LogP contribution in [-0.2, 0) is 16.1 Å². The molecule has 1 unspecified atom stereocenters. The number of carbonyl (C=O) groups excluding carboxylic acids is 1. The maximum atomic E-state index is 11.4. The van der Waals surface area contributed by atoms with Gasteiger partial charge in [-0.3, -0.25) is 5.32 Å². The zero-order valence-electron chi connectivity index (χ0n) is 12.1. The highest BCUT2D eigenvalue weighted by molar-refractivity contribution is 9.10. The molecule has 0 spiro atoms. The third-order valence-corrected chi connectivity index (χ3v) is 4.81. The van der Waals surface area contributed by atoms with Crippen molar-refractivity contribution >= 4 is 56.6 Å². The predicted molar refractivity (Wildman–Crippen MR) is 94.5 cm³/mol. The monoisotopic (exact) mass is 417 g/mol. The van der Waals surface area contributed by atoms with E-state index in [-0.39, 0.29) is 24.4 Å². The number of ether oxygens (including phenoxy) is 2. The molecule has 2 rings (SSSR count). The number of hydrogen-bond donors (Lipinski definition) is 2. The van der Waals surface area contributed by atoms with Crippen LogP contribution in [0.5, 0.6) is 0 Å². The fourth-order valence-corrected chi connectivity index (χ4v) is 3.10. The van der Waals surface area contributed by atoms with E-state index < -0.39 is 6.09 Å². The van der Waals surface area contributed by atoms with Gasteiger partial charge in [-0.15, -0.1) is 0 Å². The van der Waals surface area contributed by atoms with E-state index in [1.807, 2.05) is 0 Å². The number of halogens is 2. The number of rotatable bonds is 3. The molecule has 1 aliphatic rings. The summed E-state index contributed by atoms with van der Waals surface area (Å²) in [5.41, 5.74) is 2.30. The number of amides is 1. The molecule has 23 heavy (non-hydrogen) atoms. The summed E-state index contributed by atoms with van der Waals surface area (Å²) in [5, 5.41) is 5.73. The molecule has 0 saturated carbocycles. The highest BCUT2D eigenvalue weighted by Crippen LogP contribution is 2.43. The van der Waals surface area contributed by atoms with Gasteiger partial charge in [0, 0.05) is 4.47 Å². The molecular weight excluding hydrogens is 406 g/mol. The van der Waals surface area contributed by atoms with Gasteiger partial charge in [0.25, 0.3) is 0 Å². The lowest BCUT2D eigenvalue weighted by atomic mass is 10.0. The first-order valence-corrected chi connectivity index (χ1v) is 8.26. The first-order valence-electron chi connectivity index (χ1n) is 6.68. The van der Waals surface area contributed by atoms with Crippen LogP contribution in [0.3, 0.4) is 0 Å². The molecule has 0 radical (unpaired) electrons. The molecule has 0 fully saturated rings. The zero-order chi connectivity index (χ0) is 17.0. The van der Waals surface area contributed by atoms with Crippen LogP contribution in [0.15, 0.2) is 10.5 Å². The summed E-state index contributed by atoms with van der Waals surface area (Å²) >= 11 is 14.8. The Morgan fingerprint density at radius 1 is 1.70 bits per heavy atom. The van der Waals surface area contributed by atoms with Gasteiger partial charge in [-0.25, -0.2) is 11.4 Å². The number of thiocarbonyl (C=S) groups is 1. The normalized spacial score (nSPS) is 15.5. The average Bonchev–Trinajstić information content (AvgIpc) is 2.88. The number of fused-ring (bicyclic) bond motifs is 1. The van der Waals surface area contributed by atoms with Crippen molar-refractivity contribution in [3.05, 3.63) is 38.1 Å². The first-order chi connectivity index (χ1) is 11.0. The molecule has 1 atom stereocenters. The topological polar surface area (TPSA) is 64.0 Å². The highest BCUT2D eigenvalue weighted by atomic mass is 79.9. The van der Waals surface area contributed by atoms with Gasteiger partial charge in [-0.05, 0) is 52.3 Å². The Kier molecular flexibility index (Phi) is 6.18. The largest absolute Gasteiger partial charge is 0.450 e. The van der Waals surface area contributed by atoms with E-state index in [1.165, 1.54) is 0 Å². The Morgan fingerprint density at radius 2 is 2.43 bits per heavy atom. The highest BCUT2D eigenvalue weighted by Gasteiger charge is 2.30. The van der Waals surface area contributed by atoms with Gasteiger partial charge in [-0.1, -0.05) is 11.6 Å². The van der Waals surface area contributed by atoms with Crippen molar-refractivity contribution < 1.29 is 14.3 Å². The predicted octanol–water partition coefficient (Wildman–Crippen LogP) is 4.04. The van der Waals surface area contributed by atoms with Crippen molar-refractivity contribution in [1.29, 1.82) is 0 Å². The smallest absolute Gasteiger partial charge is 0.413 e. The van der Waals surface area contributed by atoms with Gasteiger partial charge < -0.3 is 19.6 Å². The van der Waals surface area contributed by atoms with Crippen LogP contribution in [-0.4, -0.2) is 24.4 Å². The van der Waals surface area contributed by atoms with Crippen LogP contribution < -0.4 is 10.6 Å². The summed E-state index contributed by atoms with van der Waals surface area (Å²) in [6, 6.07) is 1.78. The minimum absolute atomic E-state index is 0.0674. The molecule has 6 nitrogen and oxygen atoms in total. The zero-order valence-corrected chi connectivity index (χ0v) is 15.3. The van der Waals surface area contributed by atoms with Gasteiger partial charge in [0.2, 0.25) is 6.54 Å². The second-order valence-electron chi connectivity index (χ2n) is 4.56. The van der Waals surface area contributed by atoms with Crippen LogP contribution in [0, 0.1) is 6.57 Å². The minimum atomic E-state index is -0.643. The summed E-state index contributed by atoms with van der Waals surface area (Å²) in [6.45, 7) is 9.56. The fourth-order valence-electron chi connectivity index (χ4n) is 2.13.